The molecule has 2 aromatic heterocycles. The number of rotatable bonds is 10. The minimum absolute atomic E-state index is 0.147. The van der Waals surface area contributed by atoms with Gasteiger partial charge in [0.1, 0.15) is 12.4 Å². The molecule has 0 spiro atoms. The average Bonchev–Trinajstić information content (AvgIpc) is 3.25. The first-order chi connectivity index (χ1) is 16.1. The van der Waals surface area contributed by atoms with Crippen molar-refractivity contribution in [3.05, 3.63) is 66.5 Å². The number of fused-ring (bicyclic) bond motifs is 1. The van der Waals surface area contributed by atoms with E-state index in [9.17, 15) is 9.18 Å². The number of halogens is 1. The van der Waals surface area contributed by atoms with Crippen LogP contribution in [0.3, 0.4) is 0 Å². The third kappa shape index (κ3) is 5.53. The largest absolute Gasteiger partial charge is 0.490 e. The molecule has 0 atom stereocenters. The lowest BCUT2D eigenvalue weighted by Gasteiger charge is -2.11. The maximum Gasteiger partial charge on any atom is 0.258 e. The molecule has 0 aliphatic heterocycles. The number of nitrogens with zero attached hydrogens (tertiary/aromatic N) is 4. The van der Waals surface area contributed by atoms with Crippen LogP contribution in [0.1, 0.15) is 6.92 Å². The van der Waals surface area contributed by atoms with E-state index < -0.39 is 0 Å². The van der Waals surface area contributed by atoms with E-state index in [0.717, 1.165) is 0 Å². The summed E-state index contributed by atoms with van der Waals surface area (Å²) in [6.07, 6.45) is 0. The van der Waals surface area contributed by atoms with Crippen molar-refractivity contribution in [3.8, 4) is 28.8 Å². The maximum absolute atomic E-state index is 13.6. The predicted molar refractivity (Wildman–Crippen MR) is 118 cm³/mol. The van der Waals surface area contributed by atoms with Gasteiger partial charge in [0.15, 0.2) is 29.6 Å². The predicted octanol–water partition coefficient (Wildman–Crippen LogP) is 2.90. The van der Waals surface area contributed by atoms with Crippen molar-refractivity contribution in [1.29, 1.82) is 0 Å². The molecule has 1 N–H and O–H groups in total. The molecule has 0 aliphatic carbocycles. The van der Waals surface area contributed by atoms with Gasteiger partial charge in [0, 0.05) is 11.6 Å². The number of hydrogen-bond acceptors (Lipinski definition) is 7. The number of para-hydroxylation sites is 2. The highest BCUT2D eigenvalue weighted by Crippen LogP contribution is 2.26. The van der Waals surface area contributed by atoms with Crippen molar-refractivity contribution < 1.29 is 23.4 Å². The number of aromatic nitrogens is 4. The summed E-state index contributed by atoms with van der Waals surface area (Å²) in [5.41, 5.74) is 1.05. The van der Waals surface area contributed by atoms with Crippen LogP contribution in [0.25, 0.3) is 17.0 Å². The van der Waals surface area contributed by atoms with Gasteiger partial charge in [0.05, 0.1) is 13.2 Å². The van der Waals surface area contributed by atoms with E-state index >= 15 is 0 Å². The van der Waals surface area contributed by atoms with Crippen LogP contribution in [0, 0.1) is 5.82 Å². The van der Waals surface area contributed by atoms with E-state index in [0.29, 0.717) is 41.0 Å². The Morgan fingerprint density at radius 2 is 1.82 bits per heavy atom. The van der Waals surface area contributed by atoms with Crippen molar-refractivity contribution in [2.75, 3.05) is 26.4 Å². The van der Waals surface area contributed by atoms with E-state index in [1.54, 1.807) is 36.4 Å². The molecule has 0 aliphatic rings. The monoisotopic (exact) mass is 451 g/mol. The Labute approximate surface area is 189 Å². The number of hydrogen-bond donors (Lipinski definition) is 1. The van der Waals surface area contributed by atoms with Gasteiger partial charge in [-0.1, -0.05) is 24.3 Å². The van der Waals surface area contributed by atoms with Crippen molar-refractivity contribution in [1.82, 2.24) is 25.1 Å². The number of benzene rings is 2. The zero-order valence-corrected chi connectivity index (χ0v) is 17.9. The highest BCUT2D eigenvalue weighted by atomic mass is 19.1. The molecule has 2 heterocycles. The molecule has 0 bridgehead atoms. The van der Waals surface area contributed by atoms with Crippen LogP contribution < -0.4 is 19.5 Å². The third-order valence-electron chi connectivity index (χ3n) is 4.50. The molecule has 4 rings (SSSR count). The van der Waals surface area contributed by atoms with Crippen LogP contribution in [-0.2, 0) is 4.79 Å². The van der Waals surface area contributed by atoms with Crippen LogP contribution in [0.15, 0.2) is 60.7 Å². The summed E-state index contributed by atoms with van der Waals surface area (Å²) < 4.78 is 31.7. The molecule has 170 valence electrons. The van der Waals surface area contributed by atoms with E-state index in [2.05, 4.69) is 20.6 Å². The summed E-state index contributed by atoms with van der Waals surface area (Å²) in [5.74, 6) is 1.14. The van der Waals surface area contributed by atoms with E-state index in [1.165, 1.54) is 16.6 Å². The summed E-state index contributed by atoms with van der Waals surface area (Å²) >= 11 is 0. The van der Waals surface area contributed by atoms with Gasteiger partial charge in [-0.3, -0.25) is 4.79 Å². The Morgan fingerprint density at radius 3 is 2.61 bits per heavy atom. The molecule has 1 amide bonds. The fourth-order valence-corrected chi connectivity index (χ4v) is 3.04. The first kappa shape index (κ1) is 22.0. The molecule has 0 saturated heterocycles. The second-order valence-electron chi connectivity index (χ2n) is 6.84. The minimum atomic E-state index is -0.377. The smallest absolute Gasteiger partial charge is 0.258 e. The standard InChI is InChI=1S/C23H22FN5O4/c1-2-31-18-8-3-4-9-19(18)33-15-21(30)25-12-13-32-22-11-10-20-26-27-23(29(20)28-22)16-6-5-7-17(24)14-16/h3-11,14H,2,12-13,15H2,1H3,(H,25,30). The van der Waals surface area contributed by atoms with Gasteiger partial charge in [0.2, 0.25) is 5.88 Å². The molecular weight excluding hydrogens is 429 g/mol. The number of carbonyl (C=O) groups is 1. The molecule has 33 heavy (non-hydrogen) atoms. The van der Waals surface area contributed by atoms with Gasteiger partial charge < -0.3 is 19.5 Å². The first-order valence-corrected chi connectivity index (χ1v) is 10.4. The SMILES string of the molecule is CCOc1ccccc1OCC(=O)NCCOc1ccc2nnc(-c3cccc(F)c3)n2n1. The summed E-state index contributed by atoms with van der Waals surface area (Å²) in [5, 5.41) is 15.2. The Morgan fingerprint density at radius 1 is 1.00 bits per heavy atom. The molecule has 10 heteroatoms. The maximum atomic E-state index is 13.6. The first-order valence-electron chi connectivity index (χ1n) is 10.4. The summed E-state index contributed by atoms with van der Waals surface area (Å²) in [4.78, 5) is 12.1. The fraction of sp³-hybridized carbons (Fsp3) is 0.217. The molecule has 0 saturated carbocycles. The summed E-state index contributed by atoms with van der Waals surface area (Å²) in [6, 6.07) is 16.5. The quantitative estimate of drug-likeness (QED) is 0.370. The molecule has 0 fully saturated rings. The van der Waals surface area contributed by atoms with Crippen LogP contribution in [0.2, 0.25) is 0 Å². The Kier molecular flexibility index (Phi) is 6.93. The molecular formula is C23H22FN5O4. The van der Waals surface area contributed by atoms with Gasteiger partial charge >= 0.3 is 0 Å². The van der Waals surface area contributed by atoms with Crippen molar-refractivity contribution in [2.45, 2.75) is 6.92 Å². The van der Waals surface area contributed by atoms with Gasteiger partial charge in [-0.15, -0.1) is 15.3 Å². The van der Waals surface area contributed by atoms with E-state index in [1.807, 2.05) is 19.1 Å². The van der Waals surface area contributed by atoms with Gasteiger partial charge in [-0.25, -0.2) is 4.39 Å². The average molecular weight is 451 g/mol. The van der Waals surface area contributed by atoms with E-state index in [-0.39, 0.29) is 31.5 Å². The Hall–Kier alpha value is -4.21. The molecule has 2 aromatic carbocycles. The van der Waals surface area contributed by atoms with Gasteiger partial charge in [0.25, 0.3) is 5.91 Å². The molecule has 0 unspecified atom stereocenters. The number of ether oxygens (including phenoxy) is 3. The van der Waals surface area contributed by atoms with Crippen molar-refractivity contribution >= 4 is 11.6 Å². The van der Waals surface area contributed by atoms with Crippen LogP contribution in [0.5, 0.6) is 17.4 Å². The molecule has 4 aromatic rings. The molecule has 0 radical (unpaired) electrons. The van der Waals surface area contributed by atoms with Crippen molar-refractivity contribution in [3.63, 3.8) is 0 Å². The topological polar surface area (TPSA) is 99.9 Å². The minimum Gasteiger partial charge on any atom is -0.490 e. The highest BCUT2D eigenvalue weighted by Gasteiger charge is 2.11. The lowest BCUT2D eigenvalue weighted by atomic mass is 10.2. The lowest BCUT2D eigenvalue weighted by Crippen LogP contribution is -2.32. The second kappa shape index (κ2) is 10.4. The Bertz CT molecular complexity index is 1250. The fourth-order valence-electron chi connectivity index (χ4n) is 3.04. The lowest BCUT2D eigenvalue weighted by molar-refractivity contribution is -0.123. The van der Waals surface area contributed by atoms with Crippen LogP contribution in [-0.4, -0.2) is 52.1 Å². The zero-order valence-electron chi connectivity index (χ0n) is 17.9. The highest BCUT2D eigenvalue weighted by molar-refractivity contribution is 5.77. The molecule has 9 nitrogen and oxygen atoms in total. The summed E-state index contributed by atoms with van der Waals surface area (Å²) in [7, 11) is 0. The van der Waals surface area contributed by atoms with Crippen LogP contribution >= 0.6 is 0 Å². The number of carbonyl (C=O) groups excluding carboxylic acids is 1. The van der Waals surface area contributed by atoms with Gasteiger partial charge in [-0.2, -0.15) is 4.52 Å². The normalized spacial score (nSPS) is 10.7. The number of nitrogens with one attached hydrogen (secondary N) is 1. The van der Waals surface area contributed by atoms with Crippen molar-refractivity contribution in [2.24, 2.45) is 0 Å². The Balaban J connectivity index is 1.29. The second-order valence-corrected chi connectivity index (χ2v) is 6.84. The summed E-state index contributed by atoms with van der Waals surface area (Å²) in [6.45, 7) is 2.68. The third-order valence-corrected chi connectivity index (χ3v) is 4.50. The van der Waals surface area contributed by atoms with Crippen LogP contribution in [0.4, 0.5) is 4.39 Å². The number of amides is 1. The van der Waals surface area contributed by atoms with Gasteiger partial charge in [-0.05, 0) is 37.3 Å². The zero-order chi connectivity index (χ0) is 23.0. The van der Waals surface area contributed by atoms with E-state index in [4.69, 9.17) is 14.2 Å².